The maximum absolute atomic E-state index is 12.3. The fourth-order valence-electron chi connectivity index (χ4n) is 4.12. The van der Waals surface area contributed by atoms with Gasteiger partial charge in [-0.1, -0.05) is 43.0 Å². The van der Waals surface area contributed by atoms with E-state index in [2.05, 4.69) is 10.1 Å². The molecule has 2 heterocycles. The van der Waals surface area contributed by atoms with Gasteiger partial charge in [0.1, 0.15) is 5.75 Å². The molecule has 0 unspecified atom stereocenters. The molecule has 0 bridgehead atoms. The van der Waals surface area contributed by atoms with Crippen molar-refractivity contribution in [3.05, 3.63) is 41.5 Å². The molecule has 150 valence electrons. The van der Waals surface area contributed by atoms with Crippen LogP contribution in [0.2, 0.25) is 0 Å². The molecule has 1 aliphatic heterocycles. The Morgan fingerprint density at radius 1 is 1.29 bits per heavy atom. The zero-order chi connectivity index (χ0) is 19.3. The molecule has 28 heavy (non-hydrogen) atoms. The van der Waals surface area contributed by atoms with Gasteiger partial charge in [0.15, 0.2) is 5.82 Å². The molecule has 1 saturated heterocycles. The van der Waals surface area contributed by atoms with Crippen molar-refractivity contribution < 1.29 is 14.1 Å². The fraction of sp³-hybridized carbons (Fsp3) is 0.591. The minimum absolute atomic E-state index is 0.175. The third kappa shape index (κ3) is 4.72. The standard InChI is InChI=1S/C22H29N3O3/c1-16-5-4-8-19(13-16)27-12-11-20-23-22(28-24-20)18-14-25(15-18)21(26)10-9-17-6-2-3-7-17/h4-5,8,13,17-18H,2-3,6-7,9-12,14-15H2,1H3. The minimum atomic E-state index is 0.175. The van der Waals surface area contributed by atoms with Crippen LogP contribution in [0.5, 0.6) is 5.75 Å². The van der Waals surface area contributed by atoms with E-state index in [1.807, 2.05) is 36.1 Å². The Balaban J connectivity index is 1.17. The van der Waals surface area contributed by atoms with E-state index < -0.39 is 0 Å². The largest absolute Gasteiger partial charge is 0.493 e. The van der Waals surface area contributed by atoms with Gasteiger partial charge in [0.2, 0.25) is 11.8 Å². The summed E-state index contributed by atoms with van der Waals surface area (Å²) >= 11 is 0. The first kappa shape index (κ1) is 19.0. The molecule has 1 aromatic carbocycles. The average Bonchev–Trinajstić information content (AvgIpc) is 3.31. The smallest absolute Gasteiger partial charge is 0.233 e. The van der Waals surface area contributed by atoms with Gasteiger partial charge in [0, 0.05) is 25.9 Å². The van der Waals surface area contributed by atoms with Crippen LogP contribution in [0.1, 0.15) is 61.7 Å². The summed E-state index contributed by atoms with van der Waals surface area (Å²) in [6.45, 7) is 3.95. The third-order valence-corrected chi connectivity index (χ3v) is 5.89. The number of hydrogen-bond acceptors (Lipinski definition) is 5. The number of aromatic nitrogens is 2. The number of amides is 1. The molecule has 2 aromatic rings. The van der Waals surface area contributed by atoms with E-state index in [9.17, 15) is 4.79 Å². The van der Waals surface area contributed by atoms with Gasteiger partial charge < -0.3 is 14.2 Å². The van der Waals surface area contributed by atoms with E-state index in [1.165, 1.54) is 31.2 Å². The summed E-state index contributed by atoms with van der Waals surface area (Å²) in [5, 5.41) is 4.06. The predicted octanol–water partition coefficient (Wildman–Crippen LogP) is 3.90. The molecule has 2 aliphatic rings. The molecule has 1 amide bonds. The predicted molar refractivity (Wildman–Crippen MR) is 105 cm³/mol. The second kappa shape index (κ2) is 8.76. The lowest BCUT2D eigenvalue weighted by Gasteiger charge is -2.37. The summed E-state index contributed by atoms with van der Waals surface area (Å²) < 4.78 is 11.1. The quantitative estimate of drug-likeness (QED) is 0.692. The number of rotatable bonds is 8. The van der Waals surface area contributed by atoms with Crippen LogP contribution in [0, 0.1) is 12.8 Å². The zero-order valence-corrected chi connectivity index (χ0v) is 16.6. The molecular formula is C22H29N3O3. The minimum Gasteiger partial charge on any atom is -0.493 e. The maximum atomic E-state index is 12.3. The first-order valence-electron chi connectivity index (χ1n) is 10.5. The number of ether oxygens (including phenoxy) is 1. The van der Waals surface area contributed by atoms with Crippen molar-refractivity contribution in [2.24, 2.45) is 5.92 Å². The second-order valence-electron chi connectivity index (χ2n) is 8.15. The van der Waals surface area contributed by atoms with Crippen LogP contribution >= 0.6 is 0 Å². The Morgan fingerprint density at radius 2 is 2.11 bits per heavy atom. The number of hydrogen-bond donors (Lipinski definition) is 0. The van der Waals surface area contributed by atoms with Crippen LogP contribution in [0.25, 0.3) is 0 Å². The van der Waals surface area contributed by atoms with Gasteiger partial charge in [-0.25, -0.2) is 0 Å². The number of aryl methyl sites for hydroxylation is 1. The van der Waals surface area contributed by atoms with Crippen molar-refractivity contribution >= 4 is 5.91 Å². The van der Waals surface area contributed by atoms with Crippen LogP contribution in [0.15, 0.2) is 28.8 Å². The van der Waals surface area contributed by atoms with Gasteiger partial charge >= 0.3 is 0 Å². The summed E-state index contributed by atoms with van der Waals surface area (Å²) in [6, 6.07) is 7.98. The first-order chi connectivity index (χ1) is 13.7. The molecule has 1 aromatic heterocycles. The lowest BCUT2D eigenvalue weighted by molar-refractivity contribution is -0.136. The van der Waals surface area contributed by atoms with Gasteiger partial charge in [-0.15, -0.1) is 0 Å². The lowest BCUT2D eigenvalue weighted by atomic mass is 9.97. The van der Waals surface area contributed by atoms with E-state index in [4.69, 9.17) is 9.26 Å². The summed E-state index contributed by atoms with van der Waals surface area (Å²) in [7, 11) is 0. The van der Waals surface area contributed by atoms with Gasteiger partial charge in [-0.05, 0) is 37.0 Å². The van der Waals surface area contributed by atoms with Crippen molar-refractivity contribution in [2.75, 3.05) is 19.7 Å². The second-order valence-corrected chi connectivity index (χ2v) is 8.15. The van der Waals surface area contributed by atoms with E-state index in [-0.39, 0.29) is 11.8 Å². The molecule has 2 fully saturated rings. The van der Waals surface area contributed by atoms with Gasteiger partial charge in [-0.2, -0.15) is 4.98 Å². The van der Waals surface area contributed by atoms with Crippen molar-refractivity contribution in [1.29, 1.82) is 0 Å². The first-order valence-corrected chi connectivity index (χ1v) is 10.5. The number of nitrogens with zero attached hydrogens (tertiary/aromatic N) is 3. The fourth-order valence-corrected chi connectivity index (χ4v) is 4.12. The summed E-state index contributed by atoms with van der Waals surface area (Å²) in [6.07, 6.45) is 7.60. The average molecular weight is 383 g/mol. The van der Waals surface area contributed by atoms with Crippen molar-refractivity contribution in [3.8, 4) is 5.75 Å². The zero-order valence-electron chi connectivity index (χ0n) is 16.6. The highest BCUT2D eigenvalue weighted by atomic mass is 16.5. The Morgan fingerprint density at radius 3 is 2.89 bits per heavy atom. The summed E-state index contributed by atoms with van der Waals surface area (Å²) in [5.74, 6) is 3.37. The van der Waals surface area contributed by atoms with Gasteiger partial charge in [0.25, 0.3) is 0 Å². The van der Waals surface area contributed by atoms with E-state index in [1.54, 1.807) is 0 Å². The van der Waals surface area contributed by atoms with Crippen molar-refractivity contribution in [2.45, 2.75) is 57.8 Å². The summed E-state index contributed by atoms with van der Waals surface area (Å²) in [4.78, 5) is 18.7. The van der Waals surface area contributed by atoms with Crippen LogP contribution in [0.3, 0.4) is 0 Å². The lowest BCUT2D eigenvalue weighted by Crippen LogP contribution is -2.48. The van der Waals surface area contributed by atoms with E-state index in [0.717, 1.165) is 18.1 Å². The highest BCUT2D eigenvalue weighted by Gasteiger charge is 2.35. The molecular weight excluding hydrogens is 354 g/mol. The highest BCUT2D eigenvalue weighted by molar-refractivity contribution is 5.77. The van der Waals surface area contributed by atoms with Crippen molar-refractivity contribution in [3.63, 3.8) is 0 Å². The number of benzene rings is 1. The summed E-state index contributed by atoms with van der Waals surface area (Å²) in [5.41, 5.74) is 1.17. The Bertz CT molecular complexity index is 792. The van der Waals surface area contributed by atoms with E-state index >= 15 is 0 Å². The molecule has 6 nitrogen and oxygen atoms in total. The van der Waals surface area contributed by atoms with Crippen LogP contribution < -0.4 is 4.74 Å². The van der Waals surface area contributed by atoms with Gasteiger partial charge in [-0.3, -0.25) is 4.79 Å². The molecule has 0 atom stereocenters. The molecule has 0 radical (unpaired) electrons. The van der Waals surface area contributed by atoms with Gasteiger partial charge in [0.05, 0.1) is 12.5 Å². The number of likely N-dealkylation sites (tertiary alicyclic amines) is 1. The molecule has 6 heteroatoms. The van der Waals surface area contributed by atoms with E-state index in [0.29, 0.717) is 44.3 Å². The molecule has 0 N–H and O–H groups in total. The van der Waals surface area contributed by atoms with Crippen LogP contribution in [0.4, 0.5) is 0 Å². The highest BCUT2D eigenvalue weighted by Crippen LogP contribution is 2.30. The Kier molecular flexibility index (Phi) is 5.93. The Labute approximate surface area is 166 Å². The molecule has 1 aliphatic carbocycles. The molecule has 4 rings (SSSR count). The molecule has 1 saturated carbocycles. The SMILES string of the molecule is Cc1cccc(OCCc2noc(C3CN(C(=O)CCC4CCCC4)C3)n2)c1. The molecule has 0 spiro atoms. The van der Waals surface area contributed by atoms with Crippen LogP contribution in [-0.2, 0) is 11.2 Å². The normalized spacial score (nSPS) is 17.7. The van der Waals surface area contributed by atoms with Crippen molar-refractivity contribution in [1.82, 2.24) is 15.0 Å². The maximum Gasteiger partial charge on any atom is 0.233 e. The number of carbonyl (C=O) groups is 1. The third-order valence-electron chi connectivity index (χ3n) is 5.89. The Hall–Kier alpha value is -2.37. The monoisotopic (exact) mass is 383 g/mol. The topological polar surface area (TPSA) is 68.5 Å². The number of carbonyl (C=O) groups excluding carboxylic acids is 1. The van der Waals surface area contributed by atoms with Crippen LogP contribution in [-0.4, -0.2) is 40.6 Å².